The van der Waals surface area contributed by atoms with Gasteiger partial charge in [-0.05, 0) is 12.0 Å². The van der Waals surface area contributed by atoms with Crippen molar-refractivity contribution in [1.29, 1.82) is 0 Å². The number of hydrogen-bond acceptors (Lipinski definition) is 3. The second-order valence-electron chi connectivity index (χ2n) is 3.65. The van der Waals surface area contributed by atoms with Gasteiger partial charge in [-0.1, -0.05) is 31.2 Å². The highest BCUT2D eigenvalue weighted by Crippen LogP contribution is 2.23. The van der Waals surface area contributed by atoms with E-state index in [1.54, 1.807) is 0 Å². The first-order chi connectivity index (χ1) is 7.70. The van der Waals surface area contributed by atoms with Gasteiger partial charge in [0, 0.05) is 11.3 Å². The Hall–Kier alpha value is -1.29. The van der Waals surface area contributed by atoms with E-state index in [2.05, 4.69) is 24.0 Å². The minimum absolute atomic E-state index is 0.542. The third-order valence-electron chi connectivity index (χ3n) is 2.55. The summed E-state index contributed by atoms with van der Waals surface area (Å²) < 4.78 is 0. The topological polar surface area (TPSA) is 49.7 Å². The first kappa shape index (κ1) is 11.2. The Kier molecular flexibility index (Phi) is 3.29. The van der Waals surface area contributed by atoms with Gasteiger partial charge >= 0.3 is 5.97 Å². The van der Waals surface area contributed by atoms with Crippen molar-refractivity contribution < 1.29 is 9.90 Å². The van der Waals surface area contributed by atoms with Gasteiger partial charge in [-0.25, -0.2) is 4.79 Å². The molecular weight excluding hydrogens is 222 g/mol. The molecule has 0 saturated heterocycles. The standard InChI is InChI=1S/C12H13NO2S/c1-2-8-3-5-9(6-4-8)11-13-10(7-16-11)12(14)15/h3-6,10H,2,7H2,1H3,(H,14,15)/t10-/m0/s1. The molecule has 0 bridgehead atoms. The van der Waals surface area contributed by atoms with Gasteiger partial charge in [0.25, 0.3) is 0 Å². The second kappa shape index (κ2) is 4.70. The number of aryl methyl sites for hydroxylation is 1. The smallest absolute Gasteiger partial charge is 0.329 e. The summed E-state index contributed by atoms with van der Waals surface area (Å²) in [5, 5.41) is 9.68. The lowest BCUT2D eigenvalue weighted by Gasteiger charge is -2.00. The summed E-state index contributed by atoms with van der Waals surface area (Å²) in [6.45, 7) is 2.11. The Morgan fingerprint density at radius 1 is 1.50 bits per heavy atom. The van der Waals surface area contributed by atoms with Crippen LogP contribution in [0.25, 0.3) is 0 Å². The van der Waals surface area contributed by atoms with E-state index >= 15 is 0 Å². The van der Waals surface area contributed by atoms with Crippen LogP contribution < -0.4 is 0 Å². The van der Waals surface area contributed by atoms with Crippen molar-refractivity contribution in [2.24, 2.45) is 4.99 Å². The van der Waals surface area contributed by atoms with E-state index in [1.807, 2.05) is 12.1 Å². The maximum atomic E-state index is 10.8. The van der Waals surface area contributed by atoms with Crippen molar-refractivity contribution in [3.63, 3.8) is 0 Å². The number of carboxylic acid groups (broad SMARTS) is 1. The molecule has 1 aromatic carbocycles. The van der Waals surface area contributed by atoms with E-state index in [-0.39, 0.29) is 0 Å². The minimum Gasteiger partial charge on any atom is -0.480 e. The second-order valence-corrected chi connectivity index (χ2v) is 4.66. The van der Waals surface area contributed by atoms with Crippen LogP contribution in [0, 0.1) is 0 Å². The molecule has 3 nitrogen and oxygen atoms in total. The highest BCUT2D eigenvalue weighted by Gasteiger charge is 2.24. The Balaban J connectivity index is 2.19. The fourth-order valence-electron chi connectivity index (χ4n) is 1.54. The lowest BCUT2D eigenvalue weighted by atomic mass is 10.1. The Labute approximate surface area is 98.6 Å². The van der Waals surface area contributed by atoms with Crippen LogP contribution >= 0.6 is 11.8 Å². The fraction of sp³-hybridized carbons (Fsp3) is 0.333. The van der Waals surface area contributed by atoms with E-state index < -0.39 is 12.0 Å². The van der Waals surface area contributed by atoms with Gasteiger partial charge in [0.05, 0.1) is 5.04 Å². The quantitative estimate of drug-likeness (QED) is 0.873. The number of nitrogens with zero attached hydrogens (tertiary/aromatic N) is 1. The molecule has 1 N–H and O–H groups in total. The SMILES string of the molecule is CCc1ccc(C2=N[C@H](C(=O)O)CS2)cc1. The zero-order valence-electron chi connectivity index (χ0n) is 9.01. The van der Waals surface area contributed by atoms with Gasteiger partial charge in [0.1, 0.15) is 0 Å². The van der Waals surface area contributed by atoms with Crippen LogP contribution in [0.2, 0.25) is 0 Å². The number of carboxylic acids is 1. The molecule has 2 rings (SSSR count). The molecule has 16 heavy (non-hydrogen) atoms. The molecule has 0 spiro atoms. The molecule has 1 heterocycles. The summed E-state index contributed by atoms with van der Waals surface area (Å²) in [4.78, 5) is 15.0. The monoisotopic (exact) mass is 235 g/mol. The molecule has 0 aromatic heterocycles. The fourth-order valence-corrected chi connectivity index (χ4v) is 2.58. The molecule has 0 saturated carbocycles. The molecule has 1 atom stereocenters. The molecule has 84 valence electrons. The number of aliphatic carboxylic acids is 1. The summed E-state index contributed by atoms with van der Waals surface area (Å²) in [5.74, 6) is -0.298. The van der Waals surface area contributed by atoms with Gasteiger partial charge in [-0.15, -0.1) is 11.8 Å². The summed E-state index contributed by atoms with van der Waals surface area (Å²) in [7, 11) is 0. The van der Waals surface area contributed by atoms with Crippen LogP contribution in [0.5, 0.6) is 0 Å². The van der Waals surface area contributed by atoms with Crippen molar-refractivity contribution in [3.8, 4) is 0 Å². The number of carbonyl (C=O) groups is 1. The van der Waals surface area contributed by atoms with E-state index in [0.717, 1.165) is 17.0 Å². The van der Waals surface area contributed by atoms with Gasteiger partial charge in [-0.2, -0.15) is 0 Å². The highest BCUT2D eigenvalue weighted by molar-refractivity contribution is 8.14. The Bertz CT molecular complexity index is 425. The molecule has 0 amide bonds. The lowest BCUT2D eigenvalue weighted by molar-refractivity contribution is -0.137. The van der Waals surface area contributed by atoms with Crippen LogP contribution in [0.3, 0.4) is 0 Å². The molecule has 1 aliphatic rings. The number of aliphatic imine (C=N–C) groups is 1. The zero-order chi connectivity index (χ0) is 11.5. The normalized spacial score (nSPS) is 19.6. The maximum absolute atomic E-state index is 10.8. The summed E-state index contributed by atoms with van der Waals surface area (Å²) in [6, 6.07) is 7.56. The largest absolute Gasteiger partial charge is 0.480 e. The van der Waals surface area contributed by atoms with Crippen molar-refractivity contribution in [2.45, 2.75) is 19.4 Å². The number of thioether (sulfide) groups is 1. The lowest BCUT2D eigenvalue weighted by Crippen LogP contribution is -2.17. The van der Waals surface area contributed by atoms with Crippen molar-refractivity contribution >= 4 is 22.8 Å². The molecule has 4 heteroatoms. The van der Waals surface area contributed by atoms with Crippen LogP contribution in [0.15, 0.2) is 29.3 Å². The van der Waals surface area contributed by atoms with Crippen molar-refractivity contribution in [1.82, 2.24) is 0 Å². The predicted octanol–water partition coefficient (Wildman–Crippen LogP) is 2.20. The molecular formula is C12H13NO2S. The molecule has 0 fully saturated rings. The van der Waals surface area contributed by atoms with E-state index in [1.165, 1.54) is 17.3 Å². The number of benzene rings is 1. The number of hydrogen-bond donors (Lipinski definition) is 1. The summed E-state index contributed by atoms with van der Waals surface area (Å²) in [6.07, 6.45) is 1.01. The summed E-state index contributed by atoms with van der Waals surface area (Å²) in [5.41, 5.74) is 2.30. The molecule has 0 radical (unpaired) electrons. The molecule has 1 aromatic rings. The average molecular weight is 235 g/mol. The minimum atomic E-state index is -0.840. The first-order valence-corrected chi connectivity index (χ1v) is 6.22. The average Bonchev–Trinajstić information content (AvgIpc) is 2.78. The van der Waals surface area contributed by atoms with E-state index in [4.69, 9.17) is 5.11 Å². The molecule has 1 aliphatic heterocycles. The van der Waals surface area contributed by atoms with E-state index in [0.29, 0.717) is 5.75 Å². The Morgan fingerprint density at radius 3 is 2.69 bits per heavy atom. The Morgan fingerprint density at radius 2 is 2.19 bits per heavy atom. The van der Waals surface area contributed by atoms with Gasteiger partial charge in [0.2, 0.25) is 0 Å². The third-order valence-corrected chi connectivity index (χ3v) is 3.64. The van der Waals surface area contributed by atoms with Crippen molar-refractivity contribution in [2.75, 3.05) is 5.75 Å². The maximum Gasteiger partial charge on any atom is 0.329 e. The van der Waals surface area contributed by atoms with Gasteiger partial charge in [-0.3, -0.25) is 4.99 Å². The van der Waals surface area contributed by atoms with E-state index in [9.17, 15) is 4.79 Å². The van der Waals surface area contributed by atoms with Crippen LogP contribution in [-0.2, 0) is 11.2 Å². The molecule has 0 unspecified atom stereocenters. The van der Waals surface area contributed by atoms with Crippen LogP contribution in [-0.4, -0.2) is 27.9 Å². The highest BCUT2D eigenvalue weighted by atomic mass is 32.2. The van der Waals surface area contributed by atoms with Gasteiger partial charge < -0.3 is 5.11 Å². The zero-order valence-corrected chi connectivity index (χ0v) is 9.83. The third kappa shape index (κ3) is 2.27. The van der Waals surface area contributed by atoms with Crippen LogP contribution in [0.4, 0.5) is 0 Å². The summed E-state index contributed by atoms with van der Waals surface area (Å²) >= 11 is 1.51. The van der Waals surface area contributed by atoms with Crippen LogP contribution in [0.1, 0.15) is 18.1 Å². The van der Waals surface area contributed by atoms with Crippen molar-refractivity contribution in [3.05, 3.63) is 35.4 Å². The first-order valence-electron chi connectivity index (χ1n) is 5.23. The van der Waals surface area contributed by atoms with Gasteiger partial charge in [0.15, 0.2) is 6.04 Å². The number of rotatable bonds is 3. The predicted molar refractivity (Wildman–Crippen MR) is 66.2 cm³/mol. The molecule has 0 aliphatic carbocycles.